The number of carbonyl (C=O) groups is 1. The summed E-state index contributed by atoms with van der Waals surface area (Å²) in [5.74, 6) is 0.611. The molecule has 0 heterocycles. The van der Waals surface area contributed by atoms with Gasteiger partial charge in [0.25, 0.3) is 5.91 Å². The van der Waals surface area contributed by atoms with Gasteiger partial charge in [-0.1, -0.05) is 29.8 Å². The third-order valence-electron chi connectivity index (χ3n) is 2.92. The molecule has 0 saturated carbocycles. The second-order valence-corrected chi connectivity index (χ2v) is 6.06. The second kappa shape index (κ2) is 7.66. The van der Waals surface area contributed by atoms with Gasteiger partial charge in [-0.15, -0.1) is 0 Å². The van der Waals surface area contributed by atoms with Crippen molar-refractivity contribution in [1.82, 2.24) is 5.32 Å². The average Bonchev–Trinajstić information content (AvgIpc) is 2.47. The Labute approximate surface area is 142 Å². The van der Waals surface area contributed by atoms with Gasteiger partial charge >= 0.3 is 0 Å². The van der Waals surface area contributed by atoms with Crippen LogP contribution in [0.4, 0.5) is 0 Å². The van der Waals surface area contributed by atoms with Gasteiger partial charge in [-0.25, -0.2) is 0 Å². The molecule has 2 aromatic carbocycles. The van der Waals surface area contributed by atoms with E-state index in [1.54, 1.807) is 12.1 Å². The second-order valence-electron chi connectivity index (χ2n) is 4.50. The summed E-state index contributed by atoms with van der Waals surface area (Å²) in [7, 11) is 0. The SMILES string of the molecule is Cc1ccc(OCCNC(=O)c2ccccc2I)cc1Cl. The minimum atomic E-state index is -0.0921. The quantitative estimate of drug-likeness (QED) is 0.591. The van der Waals surface area contributed by atoms with Gasteiger partial charge in [0, 0.05) is 8.59 Å². The van der Waals surface area contributed by atoms with E-state index in [9.17, 15) is 4.79 Å². The summed E-state index contributed by atoms with van der Waals surface area (Å²) in [6.07, 6.45) is 0. The third kappa shape index (κ3) is 4.61. The Morgan fingerprint density at radius 3 is 2.76 bits per heavy atom. The lowest BCUT2D eigenvalue weighted by atomic mass is 10.2. The van der Waals surface area contributed by atoms with Crippen molar-refractivity contribution in [2.75, 3.05) is 13.2 Å². The van der Waals surface area contributed by atoms with Crippen LogP contribution in [0.5, 0.6) is 5.75 Å². The summed E-state index contributed by atoms with van der Waals surface area (Å²) < 4.78 is 6.49. The maximum absolute atomic E-state index is 12.0. The van der Waals surface area contributed by atoms with Gasteiger partial charge < -0.3 is 10.1 Å². The van der Waals surface area contributed by atoms with Crippen LogP contribution in [0.25, 0.3) is 0 Å². The van der Waals surface area contributed by atoms with E-state index in [1.807, 2.05) is 37.3 Å². The molecule has 3 nitrogen and oxygen atoms in total. The number of aryl methyl sites for hydroxylation is 1. The van der Waals surface area contributed by atoms with Gasteiger partial charge in [-0.05, 0) is 59.3 Å². The smallest absolute Gasteiger partial charge is 0.252 e. The number of nitrogens with one attached hydrogen (secondary N) is 1. The summed E-state index contributed by atoms with van der Waals surface area (Å²) in [6.45, 7) is 2.78. The predicted octanol–water partition coefficient (Wildman–Crippen LogP) is 4.06. The molecule has 1 amide bonds. The van der Waals surface area contributed by atoms with E-state index in [1.165, 1.54) is 0 Å². The first kappa shape index (κ1) is 16.1. The molecule has 1 N–H and O–H groups in total. The fourth-order valence-corrected chi connectivity index (χ4v) is 2.54. The molecule has 0 fully saturated rings. The zero-order chi connectivity index (χ0) is 15.2. The summed E-state index contributed by atoms with van der Waals surface area (Å²) in [6, 6.07) is 13.0. The molecule has 2 rings (SSSR count). The van der Waals surface area contributed by atoms with E-state index in [0.29, 0.717) is 29.5 Å². The number of hydrogen-bond acceptors (Lipinski definition) is 2. The number of halogens is 2. The van der Waals surface area contributed by atoms with Gasteiger partial charge in [0.15, 0.2) is 0 Å². The lowest BCUT2D eigenvalue weighted by Crippen LogP contribution is -2.28. The van der Waals surface area contributed by atoms with Crippen LogP contribution >= 0.6 is 34.2 Å². The first-order valence-corrected chi connectivity index (χ1v) is 7.95. The Morgan fingerprint density at radius 1 is 1.29 bits per heavy atom. The fourth-order valence-electron chi connectivity index (χ4n) is 1.74. The van der Waals surface area contributed by atoms with Crippen molar-refractivity contribution in [3.05, 3.63) is 62.2 Å². The highest BCUT2D eigenvalue weighted by Gasteiger charge is 2.08. The van der Waals surface area contributed by atoms with E-state index < -0.39 is 0 Å². The molecular formula is C16H15ClINO2. The number of hydrogen-bond donors (Lipinski definition) is 1. The van der Waals surface area contributed by atoms with Crippen molar-refractivity contribution in [2.45, 2.75) is 6.92 Å². The van der Waals surface area contributed by atoms with Gasteiger partial charge in [-0.2, -0.15) is 0 Å². The normalized spacial score (nSPS) is 10.2. The molecule has 21 heavy (non-hydrogen) atoms. The van der Waals surface area contributed by atoms with Crippen molar-refractivity contribution in [2.24, 2.45) is 0 Å². The van der Waals surface area contributed by atoms with E-state index in [4.69, 9.17) is 16.3 Å². The van der Waals surface area contributed by atoms with Gasteiger partial charge in [0.2, 0.25) is 0 Å². The minimum Gasteiger partial charge on any atom is -0.492 e. The van der Waals surface area contributed by atoms with Gasteiger partial charge in [0.1, 0.15) is 12.4 Å². The lowest BCUT2D eigenvalue weighted by Gasteiger charge is -2.09. The van der Waals surface area contributed by atoms with Crippen molar-refractivity contribution >= 4 is 40.1 Å². The highest BCUT2D eigenvalue weighted by molar-refractivity contribution is 14.1. The van der Waals surface area contributed by atoms with E-state index in [0.717, 1.165) is 9.13 Å². The summed E-state index contributed by atoms with van der Waals surface area (Å²) in [4.78, 5) is 12.0. The standard InChI is InChI=1S/C16H15ClINO2/c1-11-6-7-12(10-14(11)17)21-9-8-19-16(20)13-4-2-3-5-15(13)18/h2-7,10H,8-9H2,1H3,(H,19,20). The molecule has 0 aliphatic rings. The molecule has 0 bridgehead atoms. The Morgan fingerprint density at radius 2 is 2.05 bits per heavy atom. The molecule has 0 spiro atoms. The third-order valence-corrected chi connectivity index (χ3v) is 4.27. The molecule has 0 unspecified atom stereocenters. The van der Waals surface area contributed by atoms with E-state index in [-0.39, 0.29) is 5.91 Å². The summed E-state index contributed by atoms with van der Waals surface area (Å²) in [5.41, 5.74) is 1.69. The van der Waals surface area contributed by atoms with Crippen LogP contribution in [0.1, 0.15) is 15.9 Å². The molecule has 0 aliphatic carbocycles. The molecule has 0 saturated heterocycles. The lowest BCUT2D eigenvalue weighted by molar-refractivity contribution is 0.0946. The molecular weight excluding hydrogens is 401 g/mol. The van der Waals surface area contributed by atoms with Crippen LogP contribution in [0, 0.1) is 10.5 Å². The van der Waals surface area contributed by atoms with Crippen molar-refractivity contribution in [3.8, 4) is 5.75 Å². The maximum atomic E-state index is 12.0. The molecule has 2 aromatic rings. The molecule has 0 radical (unpaired) electrons. The van der Waals surface area contributed by atoms with Crippen LogP contribution in [-0.4, -0.2) is 19.1 Å². The maximum Gasteiger partial charge on any atom is 0.252 e. The number of ether oxygens (including phenoxy) is 1. The van der Waals surface area contributed by atoms with Crippen LogP contribution in [0.3, 0.4) is 0 Å². The number of benzene rings is 2. The highest BCUT2D eigenvalue weighted by Crippen LogP contribution is 2.21. The number of amides is 1. The molecule has 0 aromatic heterocycles. The Hall–Kier alpha value is -1.27. The monoisotopic (exact) mass is 415 g/mol. The summed E-state index contributed by atoms with van der Waals surface area (Å²) >= 11 is 8.17. The van der Waals surface area contributed by atoms with Crippen molar-refractivity contribution in [3.63, 3.8) is 0 Å². The van der Waals surface area contributed by atoms with Crippen molar-refractivity contribution < 1.29 is 9.53 Å². The topological polar surface area (TPSA) is 38.3 Å². The largest absolute Gasteiger partial charge is 0.492 e. The zero-order valence-corrected chi connectivity index (χ0v) is 14.4. The molecule has 5 heteroatoms. The number of rotatable bonds is 5. The first-order valence-electron chi connectivity index (χ1n) is 6.49. The summed E-state index contributed by atoms with van der Waals surface area (Å²) in [5, 5.41) is 3.51. The Kier molecular flexibility index (Phi) is 5.87. The van der Waals surface area contributed by atoms with Gasteiger partial charge in [-0.3, -0.25) is 4.79 Å². The average molecular weight is 416 g/mol. The van der Waals surface area contributed by atoms with Crippen LogP contribution in [-0.2, 0) is 0 Å². The Bertz CT molecular complexity index is 646. The highest BCUT2D eigenvalue weighted by atomic mass is 127. The predicted molar refractivity (Wildman–Crippen MR) is 93.2 cm³/mol. The van der Waals surface area contributed by atoms with Crippen molar-refractivity contribution in [1.29, 1.82) is 0 Å². The molecule has 110 valence electrons. The van der Waals surface area contributed by atoms with Gasteiger partial charge in [0.05, 0.1) is 12.1 Å². The van der Waals surface area contributed by atoms with Crippen LogP contribution < -0.4 is 10.1 Å². The zero-order valence-electron chi connectivity index (χ0n) is 11.5. The van der Waals surface area contributed by atoms with Crippen LogP contribution in [0.2, 0.25) is 5.02 Å². The minimum absolute atomic E-state index is 0.0921. The number of carbonyl (C=O) groups excluding carboxylic acids is 1. The van der Waals surface area contributed by atoms with Crippen LogP contribution in [0.15, 0.2) is 42.5 Å². The fraction of sp³-hybridized carbons (Fsp3) is 0.188. The van der Waals surface area contributed by atoms with E-state index >= 15 is 0 Å². The Balaban J connectivity index is 1.81. The molecule has 0 atom stereocenters. The van der Waals surface area contributed by atoms with E-state index in [2.05, 4.69) is 27.9 Å². The first-order chi connectivity index (χ1) is 10.1. The molecule has 0 aliphatic heterocycles.